The van der Waals surface area contributed by atoms with E-state index in [1.54, 1.807) is 0 Å². The van der Waals surface area contributed by atoms with Crippen LogP contribution in [0.25, 0.3) is 0 Å². The van der Waals surface area contributed by atoms with Crippen molar-refractivity contribution in [3.8, 4) is 0 Å². The maximum Gasteiger partial charge on any atom is 0.260 e. The molecule has 17 heavy (non-hydrogen) atoms. The largest absolute Gasteiger partial charge is 0.298 e. The maximum absolute atomic E-state index is 11.8. The second-order valence-corrected chi connectivity index (χ2v) is 4.72. The molecule has 0 unspecified atom stereocenters. The molecule has 0 saturated heterocycles. The van der Waals surface area contributed by atoms with Gasteiger partial charge in [0.2, 0.25) is 0 Å². The highest BCUT2D eigenvalue weighted by Crippen LogP contribution is 2.19. The Balaban J connectivity index is 2.22. The number of nitrogens with zero attached hydrogens (tertiary/aromatic N) is 3. The molecular formula is C9H6Cl2N4OS. The lowest BCUT2D eigenvalue weighted by molar-refractivity contribution is 0.102. The minimum Gasteiger partial charge on any atom is -0.298 e. The van der Waals surface area contributed by atoms with E-state index in [-0.39, 0.29) is 15.9 Å². The lowest BCUT2D eigenvalue weighted by Crippen LogP contribution is -2.13. The molecular weight excluding hydrogens is 283 g/mol. The van der Waals surface area contributed by atoms with Gasteiger partial charge in [0.15, 0.2) is 15.4 Å². The van der Waals surface area contributed by atoms with Crippen molar-refractivity contribution in [2.75, 3.05) is 5.32 Å². The van der Waals surface area contributed by atoms with Crippen molar-refractivity contribution >= 4 is 45.6 Å². The third kappa shape index (κ3) is 2.91. The van der Waals surface area contributed by atoms with Crippen molar-refractivity contribution in [1.29, 1.82) is 0 Å². The fraction of sp³-hybridized carbons (Fsp3) is 0.111. The summed E-state index contributed by atoms with van der Waals surface area (Å²) >= 11 is 12.7. The van der Waals surface area contributed by atoms with Gasteiger partial charge in [-0.1, -0.05) is 23.2 Å². The van der Waals surface area contributed by atoms with E-state index in [4.69, 9.17) is 23.2 Å². The first-order valence-electron chi connectivity index (χ1n) is 4.48. The third-order valence-electron chi connectivity index (χ3n) is 1.80. The van der Waals surface area contributed by atoms with Gasteiger partial charge in [-0.2, -0.15) is 0 Å². The van der Waals surface area contributed by atoms with Crippen molar-refractivity contribution in [3.05, 3.63) is 33.0 Å². The van der Waals surface area contributed by atoms with Crippen LogP contribution in [0.15, 0.2) is 11.4 Å². The van der Waals surface area contributed by atoms with Gasteiger partial charge in [-0.05, 0) is 13.0 Å². The van der Waals surface area contributed by atoms with Gasteiger partial charge >= 0.3 is 0 Å². The summed E-state index contributed by atoms with van der Waals surface area (Å²) in [5.41, 5.74) is 1.00. The zero-order valence-electron chi connectivity index (χ0n) is 8.57. The van der Waals surface area contributed by atoms with Crippen LogP contribution in [0.3, 0.4) is 0 Å². The van der Waals surface area contributed by atoms with Crippen LogP contribution in [0.2, 0.25) is 10.3 Å². The molecule has 0 bridgehead atoms. The molecule has 0 saturated carbocycles. The molecule has 0 atom stereocenters. The zero-order valence-corrected chi connectivity index (χ0v) is 10.9. The summed E-state index contributed by atoms with van der Waals surface area (Å²) in [6.45, 7) is 1.84. The van der Waals surface area contributed by atoms with E-state index in [0.717, 1.165) is 5.69 Å². The summed E-state index contributed by atoms with van der Waals surface area (Å²) in [6.07, 6.45) is 0. The van der Waals surface area contributed by atoms with Gasteiger partial charge in [0.25, 0.3) is 5.91 Å². The SMILES string of the molecule is Cc1csc(NC(=O)c2cc(Cl)nnc2Cl)n1. The molecule has 1 N–H and O–H groups in total. The summed E-state index contributed by atoms with van der Waals surface area (Å²) in [4.78, 5) is 15.9. The van der Waals surface area contributed by atoms with Gasteiger partial charge in [0.05, 0.1) is 11.3 Å². The number of amides is 1. The molecule has 0 radical (unpaired) electrons. The topological polar surface area (TPSA) is 67.8 Å². The number of nitrogens with one attached hydrogen (secondary N) is 1. The molecule has 5 nitrogen and oxygen atoms in total. The van der Waals surface area contributed by atoms with Crippen LogP contribution in [-0.4, -0.2) is 21.1 Å². The maximum atomic E-state index is 11.8. The first-order chi connectivity index (χ1) is 8.06. The Morgan fingerprint density at radius 1 is 1.41 bits per heavy atom. The molecule has 0 aliphatic heterocycles. The molecule has 2 aromatic heterocycles. The summed E-state index contributed by atoms with van der Waals surface area (Å²) in [5.74, 6) is -0.416. The molecule has 0 spiro atoms. The summed E-state index contributed by atoms with van der Waals surface area (Å²) in [5, 5.41) is 12.1. The van der Waals surface area contributed by atoms with E-state index in [9.17, 15) is 4.79 Å². The fourth-order valence-corrected chi connectivity index (χ4v) is 2.10. The van der Waals surface area contributed by atoms with Crippen LogP contribution >= 0.6 is 34.5 Å². The number of carbonyl (C=O) groups excluding carboxylic acids is 1. The van der Waals surface area contributed by atoms with E-state index in [2.05, 4.69) is 20.5 Å². The Kier molecular flexibility index (Phi) is 3.56. The summed E-state index contributed by atoms with van der Waals surface area (Å²) in [6, 6.07) is 1.35. The van der Waals surface area contributed by atoms with Crippen molar-refractivity contribution in [1.82, 2.24) is 15.2 Å². The molecule has 8 heteroatoms. The number of halogens is 2. The minimum absolute atomic E-state index is 0.000165. The fourth-order valence-electron chi connectivity index (χ4n) is 1.09. The number of thiazole rings is 1. The number of anilines is 1. The van der Waals surface area contributed by atoms with Gasteiger partial charge in [0, 0.05) is 5.38 Å². The quantitative estimate of drug-likeness (QED) is 0.923. The average molecular weight is 289 g/mol. The second kappa shape index (κ2) is 4.95. The number of hydrogen-bond donors (Lipinski definition) is 1. The number of rotatable bonds is 2. The van der Waals surface area contributed by atoms with Crippen LogP contribution in [0.5, 0.6) is 0 Å². The number of carbonyl (C=O) groups is 1. The monoisotopic (exact) mass is 288 g/mol. The highest BCUT2D eigenvalue weighted by molar-refractivity contribution is 7.13. The molecule has 2 rings (SSSR count). The Bertz CT molecular complexity index is 572. The van der Waals surface area contributed by atoms with Crippen molar-refractivity contribution in [3.63, 3.8) is 0 Å². The standard InChI is InChI=1S/C9H6Cl2N4OS/c1-4-3-17-9(12-4)13-8(16)5-2-6(10)14-15-7(5)11/h2-3H,1H3,(H,12,13,16). The minimum atomic E-state index is -0.416. The van der Waals surface area contributed by atoms with Crippen molar-refractivity contribution in [2.24, 2.45) is 0 Å². The molecule has 88 valence electrons. The number of aromatic nitrogens is 3. The van der Waals surface area contributed by atoms with E-state index in [1.807, 2.05) is 12.3 Å². The van der Waals surface area contributed by atoms with E-state index < -0.39 is 5.91 Å². The van der Waals surface area contributed by atoms with Gasteiger partial charge < -0.3 is 0 Å². The van der Waals surface area contributed by atoms with Gasteiger partial charge in [0.1, 0.15) is 0 Å². The highest BCUT2D eigenvalue weighted by Gasteiger charge is 2.14. The third-order valence-corrected chi connectivity index (χ3v) is 3.14. The normalized spacial score (nSPS) is 10.3. The smallest absolute Gasteiger partial charge is 0.260 e. The number of aryl methyl sites for hydroxylation is 1. The lowest BCUT2D eigenvalue weighted by Gasteiger charge is -2.02. The van der Waals surface area contributed by atoms with Gasteiger partial charge in [-0.3, -0.25) is 10.1 Å². The lowest BCUT2D eigenvalue weighted by atomic mass is 10.3. The molecule has 2 heterocycles. The van der Waals surface area contributed by atoms with Crippen LogP contribution in [0.4, 0.5) is 5.13 Å². The molecule has 0 aliphatic carbocycles. The Morgan fingerprint density at radius 3 is 2.82 bits per heavy atom. The molecule has 1 amide bonds. The molecule has 0 aromatic carbocycles. The van der Waals surface area contributed by atoms with E-state index in [1.165, 1.54) is 17.4 Å². The van der Waals surface area contributed by atoms with Crippen molar-refractivity contribution in [2.45, 2.75) is 6.92 Å². The van der Waals surface area contributed by atoms with Crippen LogP contribution in [-0.2, 0) is 0 Å². The van der Waals surface area contributed by atoms with E-state index in [0.29, 0.717) is 5.13 Å². The van der Waals surface area contributed by atoms with Crippen LogP contribution in [0, 0.1) is 6.92 Å². The summed E-state index contributed by atoms with van der Waals surface area (Å²) in [7, 11) is 0. The van der Waals surface area contributed by atoms with Crippen LogP contribution < -0.4 is 5.32 Å². The molecule has 0 aliphatic rings. The van der Waals surface area contributed by atoms with Crippen LogP contribution in [0.1, 0.15) is 16.1 Å². The van der Waals surface area contributed by atoms with Crippen molar-refractivity contribution < 1.29 is 4.79 Å². The first-order valence-corrected chi connectivity index (χ1v) is 6.12. The Labute approximate surface area is 111 Å². The molecule has 0 fully saturated rings. The second-order valence-electron chi connectivity index (χ2n) is 3.12. The predicted octanol–water partition coefficient (Wildman–Crippen LogP) is 2.80. The first kappa shape index (κ1) is 12.2. The van der Waals surface area contributed by atoms with Gasteiger partial charge in [-0.25, -0.2) is 4.98 Å². The Morgan fingerprint density at radius 2 is 2.18 bits per heavy atom. The highest BCUT2D eigenvalue weighted by atomic mass is 35.5. The van der Waals surface area contributed by atoms with E-state index >= 15 is 0 Å². The van der Waals surface area contributed by atoms with Gasteiger partial charge in [-0.15, -0.1) is 21.5 Å². The summed E-state index contributed by atoms with van der Waals surface area (Å²) < 4.78 is 0. The Hall–Kier alpha value is -1.24. The number of hydrogen-bond acceptors (Lipinski definition) is 5. The predicted molar refractivity (Wildman–Crippen MR) is 66.9 cm³/mol. The molecule has 2 aromatic rings. The average Bonchev–Trinajstić information content (AvgIpc) is 2.67. The zero-order chi connectivity index (χ0) is 12.4.